The molecule has 1 aliphatic rings. The van der Waals surface area contributed by atoms with Gasteiger partial charge in [0.05, 0.1) is 6.54 Å². The highest BCUT2D eigenvalue weighted by Crippen LogP contribution is 2.21. The van der Waals surface area contributed by atoms with Crippen molar-refractivity contribution in [3.63, 3.8) is 0 Å². The van der Waals surface area contributed by atoms with Crippen LogP contribution in [0.4, 0.5) is 15.4 Å². The molecule has 1 fully saturated rings. The summed E-state index contributed by atoms with van der Waals surface area (Å²) in [5.41, 5.74) is -1.06. The zero-order valence-electron chi connectivity index (χ0n) is 19.5. The van der Waals surface area contributed by atoms with Crippen LogP contribution in [0.15, 0.2) is 18.3 Å². The second-order valence-electron chi connectivity index (χ2n) is 9.20. The second-order valence-corrected chi connectivity index (χ2v) is 10.0. The number of amides is 2. The molecular weight excluding hydrogens is 456 g/mol. The molecule has 0 saturated carbocycles. The van der Waals surface area contributed by atoms with Crippen LogP contribution >= 0.6 is 0 Å². The molecule has 0 radical (unpaired) electrons. The molecule has 2 N–H and O–H groups in total. The largest absolute Gasteiger partial charge is 0.459 e. The van der Waals surface area contributed by atoms with Gasteiger partial charge in [-0.3, -0.25) is 14.7 Å². The van der Waals surface area contributed by atoms with Crippen LogP contribution in [0.2, 0.25) is 0 Å². The Bertz CT molecular complexity index is 895. The number of carbonyl (C=O) groups excluding carboxylic acids is 3. The normalized spacial score (nSPS) is 16.2. The Morgan fingerprint density at radius 1 is 1.24 bits per heavy atom. The Morgan fingerprint density at radius 2 is 1.88 bits per heavy atom. The molecule has 0 spiro atoms. The Labute approximate surface area is 194 Å². The molecule has 2 heterocycles. The van der Waals surface area contributed by atoms with Crippen LogP contribution in [-0.2, 0) is 36.7 Å². The molecule has 2 amide bonds. The third-order valence-corrected chi connectivity index (χ3v) is 4.74. The van der Waals surface area contributed by atoms with E-state index in [-0.39, 0.29) is 25.4 Å². The molecule has 2 unspecified atom stereocenters. The summed E-state index contributed by atoms with van der Waals surface area (Å²) in [5, 5.41) is 3.39. The number of ether oxygens (including phenoxy) is 3. The Kier molecular flexibility index (Phi) is 8.38. The lowest BCUT2D eigenvalue weighted by molar-refractivity contribution is -0.162. The number of rotatable bonds is 7. The zero-order valence-corrected chi connectivity index (χ0v) is 20.3. The smallest absolute Gasteiger partial charge is 0.425 e. The van der Waals surface area contributed by atoms with Crippen molar-refractivity contribution in [3.8, 4) is 0 Å². The van der Waals surface area contributed by atoms with Crippen molar-refractivity contribution in [2.24, 2.45) is 0 Å². The fourth-order valence-electron chi connectivity index (χ4n) is 2.80. The van der Waals surface area contributed by atoms with E-state index in [0.29, 0.717) is 5.56 Å². The molecule has 1 aromatic rings. The van der Waals surface area contributed by atoms with Crippen molar-refractivity contribution in [1.29, 1.82) is 0 Å². The molecule has 0 aromatic carbocycles. The van der Waals surface area contributed by atoms with Crippen LogP contribution < -0.4 is 5.32 Å². The van der Waals surface area contributed by atoms with Crippen LogP contribution in [-0.4, -0.2) is 71.7 Å². The minimum absolute atomic E-state index is 0.00142. The molecule has 1 aromatic heterocycles. The average Bonchev–Trinajstić information content (AvgIpc) is 3.05. The maximum atomic E-state index is 12.9. The number of nitrogens with one attached hydrogen (secondary N) is 1. The first-order chi connectivity index (χ1) is 15.2. The lowest BCUT2D eigenvalue weighted by Crippen LogP contribution is -2.55. The molecule has 0 bridgehead atoms. The number of hydrazine groups is 1. The maximum absolute atomic E-state index is 12.9. The lowest BCUT2D eigenvalue weighted by atomic mass is 10.1. The van der Waals surface area contributed by atoms with Gasteiger partial charge in [0.1, 0.15) is 29.7 Å². The van der Waals surface area contributed by atoms with Crippen LogP contribution in [0.1, 0.15) is 47.1 Å². The van der Waals surface area contributed by atoms with Crippen molar-refractivity contribution < 1.29 is 37.4 Å². The molecule has 1 aliphatic heterocycles. The second kappa shape index (κ2) is 10.4. The van der Waals surface area contributed by atoms with Crippen molar-refractivity contribution in [3.05, 3.63) is 23.9 Å². The summed E-state index contributed by atoms with van der Waals surface area (Å²) in [6.07, 6.45) is -0.236. The average molecular weight is 487 g/mol. The predicted molar refractivity (Wildman–Crippen MR) is 118 cm³/mol. The van der Waals surface area contributed by atoms with Gasteiger partial charge >= 0.3 is 18.2 Å². The van der Waals surface area contributed by atoms with Gasteiger partial charge in [0.2, 0.25) is 0 Å². The summed E-state index contributed by atoms with van der Waals surface area (Å²) in [5.74, 6) is -0.590. The van der Waals surface area contributed by atoms with Crippen molar-refractivity contribution >= 4 is 35.2 Å². The van der Waals surface area contributed by atoms with Crippen LogP contribution in [0, 0.1) is 0 Å². The molecule has 0 aliphatic carbocycles. The first-order valence-corrected chi connectivity index (χ1v) is 11.2. The van der Waals surface area contributed by atoms with Crippen LogP contribution in [0.25, 0.3) is 0 Å². The topological polar surface area (TPSA) is 148 Å². The van der Waals surface area contributed by atoms with E-state index in [2.05, 4.69) is 10.3 Å². The van der Waals surface area contributed by atoms with E-state index in [1.807, 2.05) is 0 Å². The molecule has 2 atom stereocenters. The monoisotopic (exact) mass is 486 g/mol. The summed E-state index contributed by atoms with van der Waals surface area (Å²) in [6, 6.07) is 1.75. The van der Waals surface area contributed by atoms with Gasteiger partial charge in [-0.25, -0.2) is 23.8 Å². The van der Waals surface area contributed by atoms with Crippen molar-refractivity contribution in [2.45, 2.75) is 65.2 Å². The van der Waals surface area contributed by atoms with Gasteiger partial charge in [-0.05, 0) is 53.2 Å². The fourth-order valence-corrected chi connectivity index (χ4v) is 3.49. The van der Waals surface area contributed by atoms with Gasteiger partial charge in [0, 0.05) is 12.6 Å². The van der Waals surface area contributed by atoms with E-state index in [0.717, 1.165) is 9.42 Å². The van der Waals surface area contributed by atoms with Gasteiger partial charge in [0.15, 0.2) is 0 Å². The number of cyclic esters (lactones) is 1. The van der Waals surface area contributed by atoms with Crippen LogP contribution in [0.3, 0.4) is 0 Å². The number of pyridine rings is 1. The predicted octanol–water partition coefficient (Wildman–Crippen LogP) is 2.49. The molecule has 12 nitrogen and oxygen atoms in total. The number of nitrogens with zero attached hydrogens (tertiary/aromatic N) is 3. The maximum Gasteiger partial charge on any atom is 0.425 e. The quantitative estimate of drug-likeness (QED) is 0.337. The SMILES string of the molecule is CC(C)(C)OC(=O)Nc1ccc(CC(C(=O)OC(C)(C)C)N(N2CCOC2=O)S(=O)O)cn1. The van der Waals surface area contributed by atoms with Gasteiger partial charge in [-0.15, -0.1) is 0 Å². The van der Waals surface area contributed by atoms with Crippen molar-refractivity contribution in [1.82, 2.24) is 14.4 Å². The number of carbonyl (C=O) groups is 3. The number of esters is 1. The van der Waals surface area contributed by atoms with E-state index < -0.39 is 46.7 Å². The highest BCUT2D eigenvalue weighted by molar-refractivity contribution is 7.76. The Hall–Kier alpha value is -2.77. The van der Waals surface area contributed by atoms with Gasteiger partial charge in [0.25, 0.3) is 11.3 Å². The first-order valence-electron chi connectivity index (χ1n) is 10.2. The highest BCUT2D eigenvalue weighted by atomic mass is 32.2. The molecule has 13 heteroatoms. The third-order valence-electron chi connectivity index (χ3n) is 3.97. The minimum Gasteiger partial charge on any atom is -0.459 e. The first kappa shape index (κ1) is 26.5. The number of hydrogen-bond donors (Lipinski definition) is 2. The van der Waals surface area contributed by atoms with E-state index in [1.165, 1.54) is 12.3 Å². The fraction of sp³-hybridized carbons (Fsp3) is 0.600. The molecule has 184 valence electrons. The summed E-state index contributed by atoms with van der Waals surface area (Å²) in [7, 11) is 0. The number of hydrogen-bond acceptors (Lipinski definition) is 8. The van der Waals surface area contributed by atoms with E-state index >= 15 is 0 Å². The lowest BCUT2D eigenvalue weighted by Gasteiger charge is -2.33. The third kappa shape index (κ3) is 8.26. The van der Waals surface area contributed by atoms with E-state index in [1.54, 1.807) is 47.6 Å². The summed E-state index contributed by atoms with van der Waals surface area (Å²) in [4.78, 5) is 41.0. The van der Waals surface area contributed by atoms with Crippen LogP contribution in [0.5, 0.6) is 0 Å². The summed E-state index contributed by atoms with van der Waals surface area (Å²) < 4.78 is 38.2. The Morgan fingerprint density at radius 3 is 2.33 bits per heavy atom. The number of aromatic nitrogens is 1. The highest BCUT2D eigenvalue weighted by Gasteiger charge is 2.42. The standard InChI is InChI=1S/C20H30N4O8S/c1-19(2,3)31-16(25)14(24(33(28)29)23-9-10-30-18(23)27)11-13-7-8-15(21-12-13)22-17(26)32-20(4,5)6/h7-8,12,14H,9-11H2,1-6H3,(H,28,29)(H,21,22,26). The molecule has 2 rings (SSSR count). The van der Waals surface area contributed by atoms with E-state index in [4.69, 9.17) is 14.2 Å². The van der Waals surface area contributed by atoms with Gasteiger partial charge in [-0.1, -0.05) is 10.5 Å². The molecular formula is C20H30N4O8S. The molecule has 1 saturated heterocycles. The number of anilines is 1. The minimum atomic E-state index is -2.72. The Balaban J connectivity index is 2.25. The van der Waals surface area contributed by atoms with Crippen molar-refractivity contribution in [2.75, 3.05) is 18.5 Å². The summed E-state index contributed by atoms with van der Waals surface area (Å²) >= 11 is -2.72. The van der Waals surface area contributed by atoms with Gasteiger partial charge < -0.3 is 14.2 Å². The summed E-state index contributed by atoms with van der Waals surface area (Å²) in [6.45, 7) is 10.2. The molecule has 33 heavy (non-hydrogen) atoms. The van der Waals surface area contributed by atoms with E-state index in [9.17, 15) is 23.1 Å². The zero-order chi connectivity index (χ0) is 25.0. The van der Waals surface area contributed by atoms with Gasteiger partial charge in [-0.2, -0.15) is 0 Å².